The van der Waals surface area contributed by atoms with E-state index in [0.29, 0.717) is 6.54 Å². The average molecular weight is 222 g/mol. The van der Waals surface area contributed by atoms with E-state index in [1.807, 2.05) is 12.1 Å². The molecule has 1 rings (SSSR count). The summed E-state index contributed by atoms with van der Waals surface area (Å²) in [4.78, 5) is 25.6. The van der Waals surface area contributed by atoms with Crippen molar-refractivity contribution in [2.45, 2.75) is 25.9 Å². The number of hydrogen-bond donors (Lipinski definition) is 2. The molecule has 0 amide bonds. The van der Waals surface area contributed by atoms with Gasteiger partial charge in [0.2, 0.25) is 0 Å². The zero-order valence-electron chi connectivity index (χ0n) is 9.01. The van der Waals surface area contributed by atoms with Crippen molar-refractivity contribution in [3.8, 4) is 0 Å². The number of Topliss-reactive ketones (excluding diaryl/α,β-unsaturated/α-hetero) is 1. The summed E-state index contributed by atoms with van der Waals surface area (Å²) in [5.41, 5.74) is 0.964. The lowest BCUT2D eigenvalue weighted by Gasteiger charge is -2.13. The van der Waals surface area contributed by atoms with E-state index in [-0.39, 0.29) is 12.2 Å². The second-order valence-corrected chi connectivity index (χ2v) is 3.50. The summed E-state index contributed by atoms with van der Waals surface area (Å²) in [6.07, 6.45) is 3.11. The van der Waals surface area contributed by atoms with E-state index < -0.39 is 12.0 Å². The van der Waals surface area contributed by atoms with E-state index in [1.165, 1.54) is 6.92 Å². The predicted octanol–water partition coefficient (Wildman–Crippen LogP) is 0.603. The molecular formula is C11H14N2O3. The summed E-state index contributed by atoms with van der Waals surface area (Å²) in [5, 5.41) is 11.5. The molecule has 0 aromatic carbocycles. The summed E-state index contributed by atoms with van der Waals surface area (Å²) >= 11 is 0. The van der Waals surface area contributed by atoms with Crippen molar-refractivity contribution in [2.75, 3.05) is 0 Å². The molecule has 86 valence electrons. The van der Waals surface area contributed by atoms with Crippen molar-refractivity contribution >= 4 is 11.8 Å². The first-order chi connectivity index (χ1) is 7.59. The molecule has 0 aliphatic carbocycles. The van der Waals surface area contributed by atoms with Crippen molar-refractivity contribution in [3.05, 3.63) is 30.1 Å². The Kier molecular flexibility index (Phi) is 4.60. The third-order valence-electron chi connectivity index (χ3n) is 2.17. The summed E-state index contributed by atoms with van der Waals surface area (Å²) in [5.74, 6) is -1.15. The van der Waals surface area contributed by atoms with Gasteiger partial charge in [-0.1, -0.05) is 0 Å². The second-order valence-electron chi connectivity index (χ2n) is 3.50. The number of carboxylic acids is 1. The highest BCUT2D eigenvalue weighted by molar-refractivity contribution is 5.85. The molecule has 1 heterocycles. The molecule has 5 nitrogen and oxygen atoms in total. The molecule has 5 heteroatoms. The van der Waals surface area contributed by atoms with E-state index in [1.54, 1.807) is 12.4 Å². The molecule has 2 N–H and O–H groups in total. The standard InChI is InChI=1S/C11H14N2O3/c1-8(14)10(6-11(15)16)13-7-9-2-4-12-5-3-9/h2-5,10,13H,6-7H2,1H3,(H,15,16). The van der Waals surface area contributed by atoms with E-state index in [0.717, 1.165) is 5.56 Å². The number of pyridine rings is 1. The molecule has 16 heavy (non-hydrogen) atoms. The summed E-state index contributed by atoms with van der Waals surface area (Å²) < 4.78 is 0. The minimum absolute atomic E-state index is 0.170. The van der Waals surface area contributed by atoms with Crippen molar-refractivity contribution in [2.24, 2.45) is 0 Å². The molecule has 1 atom stereocenters. The van der Waals surface area contributed by atoms with Crippen LogP contribution in [0.1, 0.15) is 18.9 Å². The SMILES string of the molecule is CC(=O)C(CC(=O)O)NCc1ccncc1. The van der Waals surface area contributed by atoms with E-state index in [4.69, 9.17) is 5.11 Å². The van der Waals surface area contributed by atoms with Gasteiger partial charge in [0.05, 0.1) is 12.5 Å². The van der Waals surface area contributed by atoms with E-state index in [9.17, 15) is 9.59 Å². The summed E-state index contributed by atoms with van der Waals surface area (Å²) in [7, 11) is 0. The van der Waals surface area contributed by atoms with Gasteiger partial charge in [-0.15, -0.1) is 0 Å². The van der Waals surface area contributed by atoms with Crippen molar-refractivity contribution < 1.29 is 14.7 Å². The highest BCUT2D eigenvalue weighted by Crippen LogP contribution is 1.99. The molecular weight excluding hydrogens is 208 g/mol. The van der Waals surface area contributed by atoms with Gasteiger partial charge in [-0.3, -0.25) is 14.6 Å². The minimum Gasteiger partial charge on any atom is -0.481 e. The third-order valence-corrected chi connectivity index (χ3v) is 2.17. The minimum atomic E-state index is -0.984. The van der Waals surface area contributed by atoms with Gasteiger partial charge in [-0.05, 0) is 24.6 Å². The Morgan fingerprint density at radius 3 is 2.56 bits per heavy atom. The third kappa shape index (κ3) is 4.18. The van der Waals surface area contributed by atoms with Crippen LogP contribution in [-0.4, -0.2) is 27.9 Å². The molecule has 0 aliphatic heterocycles. The fourth-order valence-electron chi connectivity index (χ4n) is 1.28. The molecule has 0 fully saturated rings. The Labute approximate surface area is 93.5 Å². The van der Waals surface area contributed by atoms with Gasteiger partial charge in [0.15, 0.2) is 0 Å². The zero-order valence-corrected chi connectivity index (χ0v) is 9.01. The van der Waals surface area contributed by atoms with Crippen LogP contribution < -0.4 is 5.32 Å². The normalized spacial score (nSPS) is 12.1. The van der Waals surface area contributed by atoms with Gasteiger partial charge < -0.3 is 10.4 Å². The highest BCUT2D eigenvalue weighted by atomic mass is 16.4. The first-order valence-corrected chi connectivity index (χ1v) is 4.94. The van der Waals surface area contributed by atoms with Crippen molar-refractivity contribution in [1.82, 2.24) is 10.3 Å². The van der Waals surface area contributed by atoms with E-state index in [2.05, 4.69) is 10.3 Å². The molecule has 0 radical (unpaired) electrons. The smallest absolute Gasteiger partial charge is 0.305 e. The molecule has 1 aromatic rings. The molecule has 0 saturated carbocycles. The maximum atomic E-state index is 11.2. The number of nitrogens with zero attached hydrogens (tertiary/aromatic N) is 1. The van der Waals surface area contributed by atoms with Gasteiger partial charge in [0, 0.05) is 18.9 Å². The molecule has 0 aliphatic rings. The number of aliphatic carboxylic acids is 1. The number of carbonyl (C=O) groups excluding carboxylic acids is 1. The largest absolute Gasteiger partial charge is 0.481 e. The van der Waals surface area contributed by atoms with Gasteiger partial charge in [-0.2, -0.15) is 0 Å². The maximum Gasteiger partial charge on any atom is 0.305 e. The Morgan fingerprint density at radius 2 is 2.06 bits per heavy atom. The van der Waals surface area contributed by atoms with Gasteiger partial charge in [0.1, 0.15) is 5.78 Å². The Hall–Kier alpha value is -1.75. The van der Waals surface area contributed by atoms with Gasteiger partial charge in [0.25, 0.3) is 0 Å². The van der Waals surface area contributed by atoms with Crippen LogP contribution in [-0.2, 0) is 16.1 Å². The van der Waals surface area contributed by atoms with Gasteiger partial charge >= 0.3 is 5.97 Å². The highest BCUT2D eigenvalue weighted by Gasteiger charge is 2.16. The summed E-state index contributed by atoms with van der Waals surface area (Å²) in [6.45, 7) is 1.84. The topological polar surface area (TPSA) is 79.3 Å². The number of carboxylic acid groups (broad SMARTS) is 1. The van der Waals surface area contributed by atoms with Crippen LogP contribution >= 0.6 is 0 Å². The number of aromatic nitrogens is 1. The van der Waals surface area contributed by atoms with Crippen molar-refractivity contribution in [1.29, 1.82) is 0 Å². The molecule has 1 unspecified atom stereocenters. The number of ketones is 1. The first kappa shape index (κ1) is 12.3. The Balaban J connectivity index is 2.50. The van der Waals surface area contributed by atoms with E-state index >= 15 is 0 Å². The van der Waals surface area contributed by atoms with Crippen LogP contribution in [0.15, 0.2) is 24.5 Å². The van der Waals surface area contributed by atoms with Crippen LogP contribution in [0.5, 0.6) is 0 Å². The molecule has 0 bridgehead atoms. The van der Waals surface area contributed by atoms with Gasteiger partial charge in [-0.25, -0.2) is 0 Å². The quantitative estimate of drug-likeness (QED) is 0.737. The van der Waals surface area contributed by atoms with Crippen molar-refractivity contribution in [3.63, 3.8) is 0 Å². The van der Waals surface area contributed by atoms with Crippen LogP contribution in [0.25, 0.3) is 0 Å². The number of rotatable bonds is 6. The average Bonchev–Trinajstić information content (AvgIpc) is 2.25. The fraction of sp³-hybridized carbons (Fsp3) is 0.364. The first-order valence-electron chi connectivity index (χ1n) is 4.94. The fourth-order valence-corrected chi connectivity index (χ4v) is 1.28. The molecule has 0 spiro atoms. The summed E-state index contributed by atoms with van der Waals surface area (Å²) in [6, 6.07) is 2.99. The predicted molar refractivity (Wildman–Crippen MR) is 57.8 cm³/mol. The lowest BCUT2D eigenvalue weighted by molar-refractivity contribution is -0.139. The van der Waals surface area contributed by atoms with Crippen LogP contribution in [0.3, 0.4) is 0 Å². The van der Waals surface area contributed by atoms with Crippen LogP contribution in [0, 0.1) is 0 Å². The molecule has 1 aromatic heterocycles. The maximum absolute atomic E-state index is 11.2. The van der Waals surface area contributed by atoms with Crippen LogP contribution in [0.2, 0.25) is 0 Å². The second kappa shape index (κ2) is 5.97. The Morgan fingerprint density at radius 1 is 1.44 bits per heavy atom. The number of nitrogens with one attached hydrogen (secondary N) is 1. The van der Waals surface area contributed by atoms with Crippen LogP contribution in [0.4, 0.5) is 0 Å². The number of hydrogen-bond acceptors (Lipinski definition) is 4. The zero-order chi connectivity index (χ0) is 12.0. The lowest BCUT2D eigenvalue weighted by atomic mass is 10.1. The monoisotopic (exact) mass is 222 g/mol. The number of carbonyl (C=O) groups is 2. The lowest BCUT2D eigenvalue weighted by Crippen LogP contribution is -2.36. The Bertz CT molecular complexity index is 365. The molecule has 0 saturated heterocycles.